The summed E-state index contributed by atoms with van der Waals surface area (Å²) in [7, 11) is 1.89. The molecule has 0 aliphatic rings. The van der Waals surface area contributed by atoms with Crippen LogP contribution in [0, 0.1) is 0 Å². The van der Waals surface area contributed by atoms with Crippen LogP contribution in [-0.2, 0) is 13.1 Å². The van der Waals surface area contributed by atoms with Gasteiger partial charge in [-0.3, -0.25) is 4.79 Å². The fraction of sp³-hybridized carbons (Fsp3) is 0.333. The highest BCUT2D eigenvalue weighted by molar-refractivity contribution is 5.42. The third-order valence-corrected chi connectivity index (χ3v) is 3.15. The summed E-state index contributed by atoms with van der Waals surface area (Å²) >= 11 is 0. The van der Waals surface area contributed by atoms with E-state index < -0.39 is 12.7 Å². The van der Waals surface area contributed by atoms with E-state index in [1.807, 2.05) is 42.3 Å². The first kappa shape index (κ1) is 15.2. The van der Waals surface area contributed by atoms with Gasteiger partial charge in [0.25, 0.3) is 5.56 Å². The van der Waals surface area contributed by atoms with Gasteiger partial charge in [0.05, 0.1) is 31.1 Å². The van der Waals surface area contributed by atoms with E-state index >= 15 is 0 Å². The highest BCUT2D eigenvalue weighted by atomic mass is 16.3. The molecule has 0 saturated carbocycles. The summed E-state index contributed by atoms with van der Waals surface area (Å²) in [5, 5.41) is 22.2. The summed E-state index contributed by atoms with van der Waals surface area (Å²) in [6.07, 6.45) is 0.595. The van der Waals surface area contributed by atoms with Crippen LogP contribution in [0.5, 0.6) is 0 Å². The van der Waals surface area contributed by atoms with Gasteiger partial charge in [-0.2, -0.15) is 5.10 Å². The average Bonchev–Trinajstić information content (AvgIpc) is 2.50. The molecule has 6 heteroatoms. The maximum absolute atomic E-state index is 11.9. The maximum atomic E-state index is 11.9. The predicted molar refractivity (Wildman–Crippen MR) is 80.1 cm³/mol. The lowest BCUT2D eigenvalue weighted by atomic mass is 10.2. The topological polar surface area (TPSA) is 78.6 Å². The van der Waals surface area contributed by atoms with Crippen molar-refractivity contribution in [2.75, 3.05) is 18.6 Å². The number of benzene rings is 1. The Morgan fingerprint density at radius 1 is 1.33 bits per heavy atom. The van der Waals surface area contributed by atoms with E-state index in [9.17, 15) is 9.90 Å². The molecule has 0 radical (unpaired) electrons. The molecular weight excluding hydrogens is 270 g/mol. The van der Waals surface area contributed by atoms with Gasteiger partial charge in [-0.25, -0.2) is 4.68 Å². The number of hydrogen-bond acceptors (Lipinski definition) is 5. The molecule has 2 rings (SSSR count). The van der Waals surface area contributed by atoms with E-state index in [0.29, 0.717) is 12.2 Å². The van der Waals surface area contributed by atoms with Crippen molar-refractivity contribution in [2.24, 2.45) is 0 Å². The minimum absolute atomic E-state index is 0.0159. The van der Waals surface area contributed by atoms with Crippen LogP contribution >= 0.6 is 0 Å². The molecule has 0 aliphatic heterocycles. The quantitative estimate of drug-likeness (QED) is 0.796. The van der Waals surface area contributed by atoms with Crippen molar-refractivity contribution in [3.63, 3.8) is 0 Å². The van der Waals surface area contributed by atoms with Crippen LogP contribution in [0.15, 0.2) is 47.4 Å². The molecule has 1 atom stereocenters. The Hall–Kier alpha value is -2.18. The Balaban J connectivity index is 2.10. The third kappa shape index (κ3) is 4.14. The summed E-state index contributed by atoms with van der Waals surface area (Å²) in [6.45, 7) is 0.257. The van der Waals surface area contributed by atoms with Crippen molar-refractivity contribution < 1.29 is 10.2 Å². The van der Waals surface area contributed by atoms with Crippen LogP contribution in [0.3, 0.4) is 0 Å². The number of rotatable bonds is 6. The second kappa shape index (κ2) is 7.01. The molecule has 2 N–H and O–H groups in total. The summed E-state index contributed by atoms with van der Waals surface area (Å²) in [6, 6.07) is 11.4. The monoisotopic (exact) mass is 289 g/mol. The SMILES string of the molecule is CN(Cc1ccccc1)c1cnn(C[C@H](O)CO)c(=O)c1. The number of aliphatic hydroxyl groups excluding tert-OH is 2. The first-order valence-corrected chi connectivity index (χ1v) is 6.71. The van der Waals surface area contributed by atoms with Crippen LogP contribution in [0.4, 0.5) is 5.69 Å². The Morgan fingerprint density at radius 2 is 2.05 bits per heavy atom. The van der Waals surface area contributed by atoms with E-state index in [1.165, 1.54) is 6.07 Å². The lowest BCUT2D eigenvalue weighted by Crippen LogP contribution is -2.31. The molecule has 0 aliphatic carbocycles. The van der Waals surface area contributed by atoms with Crippen LogP contribution in [0.1, 0.15) is 5.56 Å². The largest absolute Gasteiger partial charge is 0.394 e. The van der Waals surface area contributed by atoms with Crippen LogP contribution in [0.2, 0.25) is 0 Å². The van der Waals surface area contributed by atoms with E-state index in [4.69, 9.17) is 5.11 Å². The lowest BCUT2D eigenvalue weighted by Gasteiger charge is -2.19. The molecule has 2 aromatic rings. The van der Waals surface area contributed by atoms with Gasteiger partial charge < -0.3 is 15.1 Å². The normalized spacial score (nSPS) is 12.1. The fourth-order valence-electron chi connectivity index (χ4n) is 1.98. The van der Waals surface area contributed by atoms with Gasteiger partial charge in [0, 0.05) is 19.7 Å². The molecule has 1 aromatic carbocycles. The molecule has 1 aromatic heterocycles. The van der Waals surface area contributed by atoms with E-state index in [2.05, 4.69) is 5.10 Å². The molecule has 112 valence electrons. The number of aromatic nitrogens is 2. The van der Waals surface area contributed by atoms with E-state index in [1.54, 1.807) is 6.20 Å². The van der Waals surface area contributed by atoms with Gasteiger partial charge in [0.1, 0.15) is 0 Å². The molecule has 6 nitrogen and oxygen atoms in total. The Labute approximate surface area is 122 Å². The summed E-state index contributed by atoms with van der Waals surface area (Å²) < 4.78 is 1.14. The average molecular weight is 289 g/mol. The molecule has 0 saturated heterocycles. The summed E-state index contributed by atoms with van der Waals surface area (Å²) in [5.74, 6) is 0. The van der Waals surface area contributed by atoms with Crippen LogP contribution in [0.25, 0.3) is 0 Å². The van der Waals surface area contributed by atoms with Crippen molar-refractivity contribution in [2.45, 2.75) is 19.2 Å². The van der Waals surface area contributed by atoms with Crippen molar-refractivity contribution >= 4 is 5.69 Å². The van der Waals surface area contributed by atoms with Gasteiger partial charge in [0.15, 0.2) is 0 Å². The lowest BCUT2D eigenvalue weighted by molar-refractivity contribution is 0.0770. The highest BCUT2D eigenvalue weighted by Gasteiger charge is 2.08. The molecule has 0 fully saturated rings. The second-order valence-electron chi connectivity index (χ2n) is 4.91. The van der Waals surface area contributed by atoms with Crippen molar-refractivity contribution in [1.29, 1.82) is 0 Å². The minimum Gasteiger partial charge on any atom is -0.394 e. The van der Waals surface area contributed by atoms with Crippen molar-refractivity contribution in [3.8, 4) is 0 Å². The Morgan fingerprint density at radius 3 is 2.67 bits per heavy atom. The molecule has 0 spiro atoms. The first-order chi connectivity index (χ1) is 10.1. The summed E-state index contributed by atoms with van der Waals surface area (Å²) in [4.78, 5) is 13.9. The minimum atomic E-state index is -0.983. The van der Waals surface area contributed by atoms with Crippen molar-refractivity contribution in [1.82, 2.24) is 9.78 Å². The standard InChI is InChI=1S/C15H19N3O3/c1-17(9-12-5-3-2-4-6-12)13-7-15(21)18(16-8-13)10-14(20)11-19/h2-8,14,19-20H,9-11H2,1H3/t14-/m0/s1. The molecular formula is C15H19N3O3. The predicted octanol–water partition coefficient (Wildman–Crippen LogP) is 0.233. The maximum Gasteiger partial charge on any atom is 0.268 e. The van der Waals surface area contributed by atoms with Gasteiger partial charge in [0.2, 0.25) is 0 Å². The third-order valence-electron chi connectivity index (χ3n) is 3.15. The van der Waals surface area contributed by atoms with E-state index in [0.717, 1.165) is 10.2 Å². The fourth-order valence-corrected chi connectivity index (χ4v) is 1.98. The van der Waals surface area contributed by atoms with Gasteiger partial charge in [-0.1, -0.05) is 30.3 Å². The number of anilines is 1. The smallest absolute Gasteiger partial charge is 0.268 e. The highest BCUT2D eigenvalue weighted by Crippen LogP contribution is 2.11. The second-order valence-corrected chi connectivity index (χ2v) is 4.91. The zero-order chi connectivity index (χ0) is 15.2. The molecule has 21 heavy (non-hydrogen) atoms. The number of hydrogen-bond donors (Lipinski definition) is 2. The number of aliphatic hydroxyl groups is 2. The Bertz CT molecular complexity index is 628. The zero-order valence-corrected chi connectivity index (χ0v) is 11.9. The molecule has 0 bridgehead atoms. The first-order valence-electron chi connectivity index (χ1n) is 6.71. The van der Waals surface area contributed by atoms with Crippen molar-refractivity contribution in [3.05, 3.63) is 58.5 Å². The van der Waals surface area contributed by atoms with E-state index in [-0.39, 0.29) is 12.1 Å². The zero-order valence-electron chi connectivity index (χ0n) is 11.9. The van der Waals surface area contributed by atoms with Gasteiger partial charge in [-0.15, -0.1) is 0 Å². The Kier molecular flexibility index (Phi) is 5.08. The molecule has 0 unspecified atom stereocenters. The molecule has 1 heterocycles. The summed E-state index contributed by atoms with van der Waals surface area (Å²) in [5.41, 5.74) is 1.54. The van der Waals surface area contributed by atoms with Gasteiger partial charge in [-0.05, 0) is 5.56 Å². The number of nitrogens with zero attached hydrogens (tertiary/aromatic N) is 3. The van der Waals surface area contributed by atoms with Crippen LogP contribution in [-0.4, -0.2) is 39.8 Å². The molecule has 0 amide bonds. The van der Waals surface area contributed by atoms with Gasteiger partial charge >= 0.3 is 0 Å². The van der Waals surface area contributed by atoms with Crippen LogP contribution < -0.4 is 10.5 Å².